The molecule has 0 spiro atoms. The minimum absolute atomic E-state index is 0.213. The third kappa shape index (κ3) is 3.56. The van der Waals surface area contributed by atoms with Crippen molar-refractivity contribution in [1.29, 1.82) is 0 Å². The van der Waals surface area contributed by atoms with E-state index in [0.29, 0.717) is 17.1 Å². The molecule has 0 unspecified atom stereocenters. The molecule has 0 aliphatic carbocycles. The van der Waals surface area contributed by atoms with Gasteiger partial charge in [0.05, 0.1) is 32.9 Å². The summed E-state index contributed by atoms with van der Waals surface area (Å²) in [6.07, 6.45) is 0. The van der Waals surface area contributed by atoms with E-state index in [9.17, 15) is 4.79 Å². The highest BCUT2D eigenvalue weighted by Crippen LogP contribution is 2.31. The number of nitrogens with one attached hydrogen (secondary N) is 1. The van der Waals surface area contributed by atoms with Crippen LogP contribution in [0.25, 0.3) is 0 Å². The van der Waals surface area contributed by atoms with E-state index in [4.69, 9.17) is 14.2 Å². The van der Waals surface area contributed by atoms with Crippen LogP contribution >= 0.6 is 0 Å². The molecule has 0 aliphatic rings. The van der Waals surface area contributed by atoms with Gasteiger partial charge in [-0.05, 0) is 25.1 Å². The standard InChI is InChI=1S/C18H21NO4/c1-12(13-8-5-6-10-15(13)21-2)19-18(20)14-9-7-11-16(22-3)17(14)23-4/h5-12H,1-4H3,(H,19,20)/t12-/m1/s1. The van der Waals surface area contributed by atoms with E-state index >= 15 is 0 Å². The number of carbonyl (C=O) groups is 1. The Balaban J connectivity index is 2.25. The summed E-state index contributed by atoms with van der Waals surface area (Å²) in [5.41, 5.74) is 1.33. The summed E-state index contributed by atoms with van der Waals surface area (Å²) in [4.78, 5) is 12.6. The van der Waals surface area contributed by atoms with Gasteiger partial charge in [0.25, 0.3) is 5.91 Å². The normalized spacial score (nSPS) is 11.5. The maximum absolute atomic E-state index is 12.6. The number of benzene rings is 2. The summed E-state index contributed by atoms with van der Waals surface area (Å²) in [5, 5.41) is 2.96. The van der Waals surface area contributed by atoms with E-state index < -0.39 is 0 Å². The Morgan fingerprint density at radius 1 is 0.913 bits per heavy atom. The molecule has 122 valence electrons. The molecule has 23 heavy (non-hydrogen) atoms. The number of para-hydroxylation sites is 2. The average molecular weight is 315 g/mol. The molecule has 0 radical (unpaired) electrons. The molecule has 0 aliphatic heterocycles. The Kier molecular flexibility index (Phi) is 5.46. The van der Waals surface area contributed by atoms with Gasteiger partial charge in [0, 0.05) is 5.56 Å². The third-order valence-corrected chi connectivity index (χ3v) is 3.60. The van der Waals surface area contributed by atoms with Crippen molar-refractivity contribution >= 4 is 5.91 Å². The lowest BCUT2D eigenvalue weighted by molar-refractivity contribution is 0.0936. The predicted octanol–water partition coefficient (Wildman–Crippen LogP) is 3.20. The smallest absolute Gasteiger partial charge is 0.255 e. The van der Waals surface area contributed by atoms with Crippen LogP contribution in [0.15, 0.2) is 42.5 Å². The zero-order valence-corrected chi connectivity index (χ0v) is 13.8. The van der Waals surface area contributed by atoms with Crippen LogP contribution in [-0.2, 0) is 0 Å². The van der Waals surface area contributed by atoms with E-state index in [1.165, 1.54) is 14.2 Å². The van der Waals surface area contributed by atoms with E-state index in [1.807, 2.05) is 31.2 Å². The number of hydrogen-bond acceptors (Lipinski definition) is 4. The molecule has 2 aromatic carbocycles. The number of ether oxygens (including phenoxy) is 3. The Labute approximate surface area is 136 Å². The fourth-order valence-electron chi connectivity index (χ4n) is 2.44. The number of carbonyl (C=O) groups excluding carboxylic acids is 1. The van der Waals surface area contributed by atoms with E-state index in [0.717, 1.165) is 11.3 Å². The highest BCUT2D eigenvalue weighted by atomic mass is 16.5. The molecule has 1 amide bonds. The van der Waals surface area contributed by atoms with Gasteiger partial charge in [-0.2, -0.15) is 0 Å². The SMILES string of the molecule is COc1ccccc1[C@@H](C)NC(=O)c1cccc(OC)c1OC. The fraction of sp³-hybridized carbons (Fsp3) is 0.278. The largest absolute Gasteiger partial charge is 0.496 e. The van der Waals surface area contributed by atoms with E-state index in [2.05, 4.69) is 5.32 Å². The molecule has 0 fully saturated rings. The van der Waals surface area contributed by atoms with Crippen LogP contribution in [0, 0.1) is 0 Å². The van der Waals surface area contributed by atoms with Crippen LogP contribution in [0.5, 0.6) is 17.2 Å². The van der Waals surface area contributed by atoms with Gasteiger partial charge in [-0.25, -0.2) is 0 Å². The zero-order valence-electron chi connectivity index (χ0n) is 13.8. The van der Waals surface area contributed by atoms with Crippen LogP contribution in [0.4, 0.5) is 0 Å². The number of rotatable bonds is 6. The van der Waals surface area contributed by atoms with Gasteiger partial charge >= 0.3 is 0 Å². The molecule has 5 heteroatoms. The highest BCUT2D eigenvalue weighted by Gasteiger charge is 2.19. The maximum atomic E-state index is 12.6. The predicted molar refractivity (Wildman–Crippen MR) is 88.4 cm³/mol. The van der Waals surface area contributed by atoms with Crippen LogP contribution in [0.2, 0.25) is 0 Å². The first-order chi connectivity index (χ1) is 11.1. The first-order valence-electron chi connectivity index (χ1n) is 7.27. The Morgan fingerprint density at radius 2 is 1.57 bits per heavy atom. The van der Waals surface area contributed by atoms with Crippen LogP contribution in [-0.4, -0.2) is 27.2 Å². The Hall–Kier alpha value is -2.69. The molecule has 1 atom stereocenters. The van der Waals surface area contributed by atoms with Crippen molar-refractivity contribution in [3.8, 4) is 17.2 Å². The van der Waals surface area contributed by atoms with Gasteiger partial charge in [-0.1, -0.05) is 24.3 Å². The van der Waals surface area contributed by atoms with Gasteiger partial charge in [0.2, 0.25) is 0 Å². The molecule has 0 saturated carbocycles. The topological polar surface area (TPSA) is 56.8 Å². The fourth-order valence-corrected chi connectivity index (χ4v) is 2.44. The monoisotopic (exact) mass is 315 g/mol. The number of amides is 1. The summed E-state index contributed by atoms with van der Waals surface area (Å²) in [7, 11) is 4.66. The highest BCUT2D eigenvalue weighted by molar-refractivity contribution is 5.98. The Bertz CT molecular complexity index is 684. The molecule has 5 nitrogen and oxygen atoms in total. The lowest BCUT2D eigenvalue weighted by Crippen LogP contribution is -2.27. The van der Waals surface area contributed by atoms with Crippen LogP contribution in [0.1, 0.15) is 28.9 Å². The molecular weight excluding hydrogens is 294 g/mol. The Morgan fingerprint density at radius 3 is 2.22 bits per heavy atom. The average Bonchev–Trinajstić information content (AvgIpc) is 2.60. The van der Waals surface area contributed by atoms with Gasteiger partial charge in [-0.15, -0.1) is 0 Å². The maximum Gasteiger partial charge on any atom is 0.255 e. The summed E-state index contributed by atoms with van der Waals surface area (Å²) in [6.45, 7) is 1.91. The second-order valence-electron chi connectivity index (χ2n) is 4.98. The first-order valence-corrected chi connectivity index (χ1v) is 7.27. The summed E-state index contributed by atoms with van der Waals surface area (Å²) in [5.74, 6) is 1.43. The van der Waals surface area contributed by atoms with Crippen molar-refractivity contribution in [3.05, 3.63) is 53.6 Å². The third-order valence-electron chi connectivity index (χ3n) is 3.60. The minimum Gasteiger partial charge on any atom is -0.496 e. The molecule has 0 saturated heterocycles. The lowest BCUT2D eigenvalue weighted by atomic mass is 10.1. The van der Waals surface area contributed by atoms with E-state index in [-0.39, 0.29) is 11.9 Å². The van der Waals surface area contributed by atoms with Crippen molar-refractivity contribution in [2.75, 3.05) is 21.3 Å². The van der Waals surface area contributed by atoms with Crippen LogP contribution < -0.4 is 19.5 Å². The summed E-state index contributed by atoms with van der Waals surface area (Å²) in [6, 6.07) is 12.6. The van der Waals surface area contributed by atoms with Crippen molar-refractivity contribution in [1.82, 2.24) is 5.32 Å². The molecule has 2 rings (SSSR count). The quantitative estimate of drug-likeness (QED) is 0.889. The van der Waals surface area contributed by atoms with Crippen molar-refractivity contribution < 1.29 is 19.0 Å². The van der Waals surface area contributed by atoms with Gasteiger partial charge in [0.15, 0.2) is 11.5 Å². The molecular formula is C18H21NO4. The lowest BCUT2D eigenvalue weighted by Gasteiger charge is -2.18. The van der Waals surface area contributed by atoms with Crippen molar-refractivity contribution in [3.63, 3.8) is 0 Å². The molecule has 2 aromatic rings. The van der Waals surface area contributed by atoms with Crippen molar-refractivity contribution in [2.24, 2.45) is 0 Å². The van der Waals surface area contributed by atoms with Crippen molar-refractivity contribution in [2.45, 2.75) is 13.0 Å². The second kappa shape index (κ2) is 7.54. The molecule has 0 heterocycles. The molecule has 0 bridgehead atoms. The second-order valence-corrected chi connectivity index (χ2v) is 4.98. The number of hydrogen-bond donors (Lipinski definition) is 1. The van der Waals surface area contributed by atoms with Gasteiger partial charge < -0.3 is 19.5 Å². The van der Waals surface area contributed by atoms with Gasteiger partial charge in [-0.3, -0.25) is 4.79 Å². The first kappa shape index (κ1) is 16.7. The summed E-state index contributed by atoms with van der Waals surface area (Å²) >= 11 is 0. The van der Waals surface area contributed by atoms with Gasteiger partial charge in [0.1, 0.15) is 5.75 Å². The van der Waals surface area contributed by atoms with Crippen LogP contribution in [0.3, 0.4) is 0 Å². The van der Waals surface area contributed by atoms with E-state index in [1.54, 1.807) is 25.3 Å². The molecule has 1 N–H and O–H groups in total. The summed E-state index contributed by atoms with van der Waals surface area (Å²) < 4.78 is 15.9. The minimum atomic E-state index is -0.237. The number of methoxy groups -OCH3 is 3. The molecule has 0 aromatic heterocycles. The zero-order chi connectivity index (χ0) is 16.8.